The number of carbonyl (C=O) groups is 1. The maximum Gasteiger partial charge on any atom is 0.292 e. The molecule has 0 aliphatic heterocycles. The smallest absolute Gasteiger partial charge is 0.292 e. The van der Waals surface area contributed by atoms with Crippen molar-refractivity contribution in [3.8, 4) is 17.0 Å². The van der Waals surface area contributed by atoms with Crippen LogP contribution in [-0.4, -0.2) is 36.9 Å². The maximum atomic E-state index is 12.5. The molecule has 0 unspecified atom stereocenters. The van der Waals surface area contributed by atoms with Gasteiger partial charge in [-0.1, -0.05) is 0 Å². The van der Waals surface area contributed by atoms with Gasteiger partial charge in [0.1, 0.15) is 17.9 Å². The molecule has 1 aromatic carbocycles. The van der Waals surface area contributed by atoms with E-state index in [0.29, 0.717) is 11.4 Å². The van der Waals surface area contributed by atoms with Crippen LogP contribution < -0.4 is 14.8 Å². The molecule has 3 aromatic rings. The molecule has 0 aliphatic carbocycles. The molecule has 0 bridgehead atoms. The molecule has 0 saturated heterocycles. The lowest BCUT2D eigenvalue weighted by molar-refractivity contribution is 0.0991. The summed E-state index contributed by atoms with van der Waals surface area (Å²) >= 11 is 0. The first-order valence-corrected chi connectivity index (χ1v) is 10.5. The van der Waals surface area contributed by atoms with Crippen molar-refractivity contribution in [1.29, 1.82) is 0 Å². The summed E-state index contributed by atoms with van der Waals surface area (Å²) in [5.74, 6) is 0.167. The van der Waals surface area contributed by atoms with Crippen LogP contribution in [0, 0.1) is 0 Å². The van der Waals surface area contributed by atoms with E-state index in [1.807, 2.05) is 12.1 Å². The second-order valence-corrected chi connectivity index (χ2v) is 9.06. The van der Waals surface area contributed by atoms with Crippen molar-refractivity contribution < 1.29 is 22.4 Å². The number of amides is 1. The Hall–Kier alpha value is -3.24. The predicted molar refractivity (Wildman–Crippen MR) is 111 cm³/mol. The first-order chi connectivity index (χ1) is 14.1. The van der Waals surface area contributed by atoms with Gasteiger partial charge in [0.2, 0.25) is 5.09 Å². The lowest BCUT2D eigenvalue weighted by atomic mass is 10.1. The van der Waals surface area contributed by atoms with E-state index in [2.05, 4.69) is 20.0 Å². The van der Waals surface area contributed by atoms with Gasteiger partial charge in [-0.2, -0.15) is 0 Å². The third-order valence-electron chi connectivity index (χ3n) is 3.81. The average molecular weight is 430 g/mol. The van der Waals surface area contributed by atoms with Gasteiger partial charge in [0, 0.05) is 17.2 Å². The first-order valence-electron chi connectivity index (χ1n) is 8.99. The highest BCUT2D eigenvalue weighted by Crippen LogP contribution is 2.22. The Morgan fingerprint density at radius 2 is 1.77 bits per heavy atom. The number of hydrogen-bond acceptors (Lipinski definition) is 7. The number of carbonyl (C=O) groups excluding carboxylic acids is 1. The van der Waals surface area contributed by atoms with E-state index in [-0.39, 0.29) is 16.7 Å². The summed E-state index contributed by atoms with van der Waals surface area (Å²) in [6.45, 7) is 5.11. The monoisotopic (exact) mass is 430 g/mol. The first kappa shape index (κ1) is 21.5. The summed E-state index contributed by atoms with van der Waals surface area (Å²) in [6, 6.07) is 11.4. The summed E-state index contributed by atoms with van der Waals surface area (Å²) in [5.41, 5.74) is 0.723. The van der Waals surface area contributed by atoms with E-state index >= 15 is 0 Å². The lowest BCUT2D eigenvalue weighted by Gasteiger charge is -2.18. The van der Waals surface area contributed by atoms with Crippen LogP contribution in [-0.2, 0) is 10.0 Å². The van der Waals surface area contributed by atoms with Crippen LogP contribution in [0.3, 0.4) is 0 Å². The molecule has 0 aliphatic rings. The highest BCUT2D eigenvalue weighted by Gasteiger charge is 2.26. The zero-order valence-corrected chi connectivity index (χ0v) is 17.8. The van der Waals surface area contributed by atoms with Crippen LogP contribution in [0.15, 0.2) is 58.3 Å². The van der Waals surface area contributed by atoms with Gasteiger partial charge >= 0.3 is 0 Å². The quantitative estimate of drug-likeness (QED) is 0.616. The van der Waals surface area contributed by atoms with Gasteiger partial charge in [0.25, 0.3) is 15.9 Å². The molecule has 1 amide bonds. The number of nitrogens with one attached hydrogen (secondary N) is 2. The zero-order chi connectivity index (χ0) is 21.9. The average Bonchev–Trinajstić information content (AvgIpc) is 3.18. The van der Waals surface area contributed by atoms with Crippen LogP contribution in [0.5, 0.6) is 5.75 Å². The van der Waals surface area contributed by atoms with Crippen molar-refractivity contribution in [2.24, 2.45) is 0 Å². The molecule has 158 valence electrons. The Balaban J connectivity index is 1.76. The van der Waals surface area contributed by atoms with E-state index in [1.54, 1.807) is 46.1 Å². The van der Waals surface area contributed by atoms with E-state index in [1.165, 1.54) is 18.5 Å². The molecule has 0 fully saturated rings. The van der Waals surface area contributed by atoms with Gasteiger partial charge in [-0.15, -0.1) is 0 Å². The van der Waals surface area contributed by atoms with E-state index in [9.17, 15) is 13.2 Å². The summed E-state index contributed by atoms with van der Waals surface area (Å²) in [5, 5.41) is 2.24. The molecular formula is C20H22N4O5S. The Morgan fingerprint density at radius 1 is 1.07 bits per heavy atom. The number of furan rings is 1. The van der Waals surface area contributed by atoms with Gasteiger partial charge in [-0.25, -0.2) is 23.1 Å². The third-order valence-corrected chi connectivity index (χ3v) is 5.44. The highest BCUT2D eigenvalue weighted by atomic mass is 32.2. The summed E-state index contributed by atoms with van der Waals surface area (Å²) in [7, 11) is -2.30. The third kappa shape index (κ3) is 5.22. The van der Waals surface area contributed by atoms with Crippen LogP contribution >= 0.6 is 0 Å². The van der Waals surface area contributed by atoms with Crippen molar-refractivity contribution in [2.45, 2.75) is 31.4 Å². The number of rotatable bonds is 6. The number of hydrogen-bond donors (Lipinski definition) is 2. The van der Waals surface area contributed by atoms with E-state index < -0.39 is 21.5 Å². The van der Waals surface area contributed by atoms with Crippen LogP contribution in [0.2, 0.25) is 0 Å². The van der Waals surface area contributed by atoms with Crippen molar-refractivity contribution in [2.75, 3.05) is 12.4 Å². The minimum Gasteiger partial charge on any atom is -0.497 e. The second-order valence-electron chi connectivity index (χ2n) is 7.45. The Morgan fingerprint density at radius 3 is 2.40 bits per heavy atom. The van der Waals surface area contributed by atoms with Gasteiger partial charge in [0.05, 0.1) is 12.8 Å². The SMILES string of the molecule is COc1ccc(-c2cc(NC(=O)c3ccc(S(=O)(=O)NC(C)(C)C)o3)ncn2)cc1. The fourth-order valence-electron chi connectivity index (χ4n) is 2.56. The molecule has 0 saturated carbocycles. The molecule has 0 atom stereocenters. The number of ether oxygens (including phenoxy) is 1. The highest BCUT2D eigenvalue weighted by molar-refractivity contribution is 7.89. The summed E-state index contributed by atoms with van der Waals surface area (Å²) < 4.78 is 37.5. The number of anilines is 1. The van der Waals surface area contributed by atoms with Crippen molar-refractivity contribution in [3.05, 3.63) is 54.6 Å². The van der Waals surface area contributed by atoms with Crippen molar-refractivity contribution >= 4 is 21.7 Å². The topological polar surface area (TPSA) is 123 Å². The molecule has 2 heterocycles. The second kappa shape index (κ2) is 8.25. The molecule has 9 nitrogen and oxygen atoms in total. The zero-order valence-electron chi connectivity index (χ0n) is 17.0. The molecule has 0 spiro atoms. The minimum atomic E-state index is -3.88. The van der Waals surface area contributed by atoms with Gasteiger partial charge < -0.3 is 14.5 Å². The minimum absolute atomic E-state index is 0.158. The van der Waals surface area contributed by atoms with Gasteiger partial charge in [-0.3, -0.25) is 4.79 Å². The lowest BCUT2D eigenvalue weighted by Crippen LogP contribution is -2.40. The number of sulfonamides is 1. The standard InChI is InChI=1S/C20H22N4O5S/c1-20(2,3)24-30(26,27)18-10-9-16(29-18)19(25)23-17-11-15(21-12-22-17)13-5-7-14(28-4)8-6-13/h5-12,24H,1-4H3,(H,21,22,23,25). The largest absolute Gasteiger partial charge is 0.497 e. The molecule has 30 heavy (non-hydrogen) atoms. The van der Waals surface area contributed by atoms with Crippen molar-refractivity contribution in [1.82, 2.24) is 14.7 Å². The van der Waals surface area contributed by atoms with Gasteiger partial charge in [0.15, 0.2) is 5.76 Å². The number of aromatic nitrogens is 2. The van der Waals surface area contributed by atoms with Crippen molar-refractivity contribution in [3.63, 3.8) is 0 Å². The van der Waals surface area contributed by atoms with Crippen LogP contribution in [0.1, 0.15) is 31.3 Å². The molecule has 0 radical (unpaired) electrons. The van der Waals surface area contributed by atoms with E-state index in [4.69, 9.17) is 9.15 Å². The Labute approximate surface area is 174 Å². The fourth-order valence-corrected chi connectivity index (χ4v) is 3.92. The summed E-state index contributed by atoms with van der Waals surface area (Å²) in [4.78, 5) is 20.7. The molecule has 10 heteroatoms. The van der Waals surface area contributed by atoms with Gasteiger partial charge in [-0.05, 0) is 57.2 Å². The van der Waals surface area contributed by atoms with Crippen LogP contribution in [0.25, 0.3) is 11.3 Å². The molecule has 2 N–H and O–H groups in total. The maximum absolute atomic E-state index is 12.5. The molecule has 2 aromatic heterocycles. The molecular weight excluding hydrogens is 408 g/mol. The fraction of sp³-hybridized carbons (Fsp3) is 0.250. The number of benzene rings is 1. The Kier molecular flexibility index (Phi) is 5.90. The predicted octanol–water partition coefficient (Wildman–Crippen LogP) is 3.07. The Bertz CT molecular complexity index is 1150. The number of nitrogens with zero attached hydrogens (tertiary/aromatic N) is 2. The van der Waals surface area contributed by atoms with E-state index in [0.717, 1.165) is 5.56 Å². The normalized spacial score (nSPS) is 11.9. The van der Waals surface area contributed by atoms with Crippen LogP contribution in [0.4, 0.5) is 5.82 Å². The molecule has 3 rings (SSSR count). The summed E-state index contributed by atoms with van der Waals surface area (Å²) in [6.07, 6.45) is 1.32. The number of methoxy groups -OCH3 is 1.